The first-order chi connectivity index (χ1) is 13.0. The molecule has 0 atom stereocenters. The number of hydrogen-bond donors (Lipinski definition) is 0. The summed E-state index contributed by atoms with van der Waals surface area (Å²) in [5, 5.41) is 0. The molecule has 27 heavy (non-hydrogen) atoms. The van der Waals surface area contributed by atoms with Crippen LogP contribution in [0.3, 0.4) is 0 Å². The molecule has 1 saturated heterocycles. The molecule has 0 aliphatic carbocycles. The Labute approximate surface area is 168 Å². The molecule has 0 aromatic heterocycles. The van der Waals surface area contributed by atoms with Crippen LogP contribution in [0.2, 0.25) is 0 Å². The average molecular weight is 431 g/mol. The monoisotopic (exact) mass is 430 g/mol. The van der Waals surface area contributed by atoms with Crippen molar-refractivity contribution in [1.29, 1.82) is 0 Å². The summed E-state index contributed by atoms with van der Waals surface area (Å²) in [6.45, 7) is 6.10. The molecule has 1 heterocycles. The molecule has 0 spiro atoms. The van der Waals surface area contributed by atoms with E-state index in [0.717, 1.165) is 21.3 Å². The minimum atomic E-state index is -0.0528. The number of amides is 2. The largest absolute Gasteiger partial charge is 0.484 e. The molecule has 2 amide bonds. The zero-order valence-corrected chi connectivity index (χ0v) is 17.2. The van der Waals surface area contributed by atoms with Gasteiger partial charge in [0.1, 0.15) is 5.75 Å². The van der Waals surface area contributed by atoms with Gasteiger partial charge in [-0.05, 0) is 53.5 Å². The Morgan fingerprint density at radius 1 is 1.00 bits per heavy atom. The Morgan fingerprint density at radius 2 is 1.67 bits per heavy atom. The van der Waals surface area contributed by atoms with Crippen molar-refractivity contribution in [2.45, 2.75) is 13.8 Å². The van der Waals surface area contributed by atoms with Crippen molar-refractivity contribution < 1.29 is 14.3 Å². The van der Waals surface area contributed by atoms with Crippen molar-refractivity contribution in [3.8, 4) is 5.75 Å². The average Bonchev–Trinajstić information content (AvgIpc) is 2.67. The number of piperazine rings is 1. The quantitative estimate of drug-likeness (QED) is 0.746. The van der Waals surface area contributed by atoms with Crippen LogP contribution in [0, 0.1) is 13.8 Å². The lowest BCUT2D eigenvalue weighted by Gasteiger charge is -2.35. The minimum absolute atomic E-state index is 0.0129. The molecule has 0 radical (unpaired) electrons. The van der Waals surface area contributed by atoms with Gasteiger partial charge in [-0.25, -0.2) is 0 Å². The lowest BCUT2D eigenvalue weighted by molar-refractivity contribution is -0.134. The van der Waals surface area contributed by atoms with E-state index in [1.54, 1.807) is 9.80 Å². The first kappa shape index (κ1) is 19.4. The molecule has 3 rings (SSSR count). The van der Waals surface area contributed by atoms with Gasteiger partial charge in [-0.1, -0.05) is 29.8 Å². The highest BCUT2D eigenvalue weighted by molar-refractivity contribution is 9.10. The van der Waals surface area contributed by atoms with Crippen molar-refractivity contribution in [3.63, 3.8) is 0 Å². The maximum atomic E-state index is 12.6. The number of aryl methyl sites for hydroxylation is 2. The third-order valence-electron chi connectivity index (χ3n) is 4.71. The Bertz CT molecular complexity index is 845. The van der Waals surface area contributed by atoms with Crippen molar-refractivity contribution >= 4 is 27.7 Å². The second-order valence-electron chi connectivity index (χ2n) is 6.71. The molecular weight excluding hydrogens is 408 g/mol. The number of carbonyl (C=O) groups is 2. The molecule has 2 aromatic carbocycles. The zero-order chi connectivity index (χ0) is 19.4. The summed E-state index contributed by atoms with van der Waals surface area (Å²) in [4.78, 5) is 28.6. The number of hydrogen-bond acceptors (Lipinski definition) is 3. The van der Waals surface area contributed by atoms with Crippen LogP contribution in [0.5, 0.6) is 5.75 Å². The molecule has 2 aromatic rings. The second kappa shape index (κ2) is 8.57. The zero-order valence-electron chi connectivity index (χ0n) is 15.6. The van der Waals surface area contributed by atoms with Crippen LogP contribution in [-0.2, 0) is 4.79 Å². The van der Waals surface area contributed by atoms with Crippen LogP contribution < -0.4 is 4.74 Å². The van der Waals surface area contributed by atoms with E-state index >= 15 is 0 Å². The molecule has 0 N–H and O–H groups in total. The van der Waals surface area contributed by atoms with E-state index in [-0.39, 0.29) is 18.4 Å². The smallest absolute Gasteiger partial charge is 0.260 e. The van der Waals surface area contributed by atoms with Gasteiger partial charge in [-0.15, -0.1) is 0 Å². The number of ether oxygens (including phenoxy) is 1. The number of nitrogens with zero attached hydrogens (tertiary/aromatic N) is 2. The van der Waals surface area contributed by atoms with E-state index in [4.69, 9.17) is 4.74 Å². The van der Waals surface area contributed by atoms with Gasteiger partial charge in [0.05, 0.1) is 5.56 Å². The third kappa shape index (κ3) is 4.69. The molecule has 142 valence electrons. The van der Waals surface area contributed by atoms with Crippen molar-refractivity contribution in [2.24, 2.45) is 0 Å². The Hall–Kier alpha value is -2.34. The topological polar surface area (TPSA) is 49.9 Å². The molecule has 1 aliphatic rings. The van der Waals surface area contributed by atoms with Crippen LogP contribution in [0.25, 0.3) is 0 Å². The Balaban J connectivity index is 1.52. The van der Waals surface area contributed by atoms with Gasteiger partial charge in [0.2, 0.25) is 0 Å². The highest BCUT2D eigenvalue weighted by Gasteiger charge is 2.25. The van der Waals surface area contributed by atoms with Gasteiger partial charge in [0.25, 0.3) is 11.8 Å². The van der Waals surface area contributed by atoms with E-state index in [0.29, 0.717) is 31.7 Å². The predicted octanol–water partition coefficient (Wildman–Crippen LogP) is 3.43. The van der Waals surface area contributed by atoms with E-state index in [1.807, 2.05) is 56.3 Å². The highest BCUT2D eigenvalue weighted by atomic mass is 79.9. The summed E-state index contributed by atoms with van der Waals surface area (Å²) in [5.41, 5.74) is 2.83. The highest BCUT2D eigenvalue weighted by Crippen LogP contribution is 2.20. The first-order valence-corrected chi connectivity index (χ1v) is 9.76. The predicted molar refractivity (Wildman–Crippen MR) is 108 cm³/mol. The number of halogens is 1. The summed E-state index contributed by atoms with van der Waals surface area (Å²) in [6.07, 6.45) is 0. The number of rotatable bonds is 4. The normalized spacial score (nSPS) is 14.2. The van der Waals surface area contributed by atoms with Gasteiger partial charge in [-0.3, -0.25) is 9.59 Å². The summed E-state index contributed by atoms with van der Waals surface area (Å²) in [6, 6.07) is 13.3. The van der Waals surface area contributed by atoms with E-state index in [1.165, 1.54) is 0 Å². The molecule has 6 heteroatoms. The number of benzene rings is 2. The Morgan fingerprint density at radius 3 is 2.33 bits per heavy atom. The minimum Gasteiger partial charge on any atom is -0.484 e. The van der Waals surface area contributed by atoms with Crippen LogP contribution >= 0.6 is 15.9 Å². The summed E-state index contributed by atoms with van der Waals surface area (Å²) in [7, 11) is 0. The van der Waals surface area contributed by atoms with Crippen LogP contribution in [0.15, 0.2) is 46.9 Å². The summed E-state index contributed by atoms with van der Waals surface area (Å²) < 4.78 is 6.48. The molecule has 1 aliphatic heterocycles. The van der Waals surface area contributed by atoms with Gasteiger partial charge in [0.15, 0.2) is 6.61 Å². The summed E-state index contributed by atoms with van der Waals surface area (Å²) in [5.74, 6) is 0.667. The summed E-state index contributed by atoms with van der Waals surface area (Å²) >= 11 is 3.42. The third-order valence-corrected chi connectivity index (χ3v) is 5.40. The lowest BCUT2D eigenvalue weighted by atomic mass is 10.1. The molecular formula is C21H23BrN2O3. The van der Waals surface area contributed by atoms with Crippen LogP contribution in [0.4, 0.5) is 0 Å². The fourth-order valence-electron chi connectivity index (χ4n) is 3.16. The second-order valence-corrected chi connectivity index (χ2v) is 7.56. The maximum Gasteiger partial charge on any atom is 0.260 e. The van der Waals surface area contributed by atoms with Crippen LogP contribution in [-0.4, -0.2) is 54.4 Å². The molecule has 0 unspecified atom stereocenters. The van der Waals surface area contributed by atoms with E-state index in [2.05, 4.69) is 15.9 Å². The fourth-order valence-corrected chi connectivity index (χ4v) is 3.61. The molecule has 1 fully saturated rings. The lowest BCUT2D eigenvalue weighted by Crippen LogP contribution is -2.51. The number of carbonyl (C=O) groups excluding carboxylic acids is 2. The standard InChI is InChI=1S/C21H23BrN2O3/c1-15-7-8-19(16(2)13-15)27-14-20(25)23-9-11-24(12-10-23)21(26)17-5-3-4-6-18(17)22/h3-8,13H,9-12,14H2,1-2H3. The van der Waals surface area contributed by atoms with Gasteiger partial charge >= 0.3 is 0 Å². The van der Waals surface area contributed by atoms with Crippen molar-refractivity contribution in [1.82, 2.24) is 9.80 Å². The molecule has 5 nitrogen and oxygen atoms in total. The molecule has 0 saturated carbocycles. The Kier molecular flexibility index (Phi) is 6.16. The van der Waals surface area contributed by atoms with Crippen molar-refractivity contribution in [2.75, 3.05) is 32.8 Å². The van der Waals surface area contributed by atoms with Gasteiger partial charge < -0.3 is 14.5 Å². The van der Waals surface area contributed by atoms with Gasteiger partial charge in [0, 0.05) is 30.7 Å². The SMILES string of the molecule is Cc1ccc(OCC(=O)N2CCN(C(=O)c3ccccc3Br)CC2)c(C)c1. The molecule has 0 bridgehead atoms. The van der Waals surface area contributed by atoms with Gasteiger partial charge in [-0.2, -0.15) is 0 Å². The van der Waals surface area contributed by atoms with Crippen LogP contribution in [0.1, 0.15) is 21.5 Å². The fraction of sp³-hybridized carbons (Fsp3) is 0.333. The van der Waals surface area contributed by atoms with E-state index < -0.39 is 0 Å². The van der Waals surface area contributed by atoms with E-state index in [9.17, 15) is 9.59 Å². The first-order valence-electron chi connectivity index (χ1n) is 8.97. The van der Waals surface area contributed by atoms with Crippen molar-refractivity contribution in [3.05, 3.63) is 63.6 Å². The maximum absolute atomic E-state index is 12.6.